The Morgan fingerprint density at radius 2 is 1.78 bits per heavy atom. The Morgan fingerprint density at radius 3 is 2.44 bits per heavy atom. The summed E-state index contributed by atoms with van der Waals surface area (Å²) in [6, 6.07) is 15.5. The van der Waals surface area contributed by atoms with Gasteiger partial charge in [-0.25, -0.2) is 9.37 Å². The van der Waals surface area contributed by atoms with Crippen molar-refractivity contribution >= 4 is 23.1 Å². The van der Waals surface area contributed by atoms with Crippen LogP contribution in [0.15, 0.2) is 66.9 Å². The lowest BCUT2D eigenvalue weighted by molar-refractivity contribution is 0.146. The third-order valence-electron chi connectivity index (χ3n) is 4.37. The molecule has 3 aromatic rings. The van der Waals surface area contributed by atoms with Crippen molar-refractivity contribution in [3.05, 3.63) is 78.3 Å². The maximum absolute atomic E-state index is 14.2. The molecule has 0 aliphatic heterocycles. The molecular formula is C23H22FN5O3. The number of anilines is 4. The van der Waals surface area contributed by atoms with E-state index in [1.54, 1.807) is 55.6 Å². The van der Waals surface area contributed by atoms with Gasteiger partial charge in [0.1, 0.15) is 18.5 Å². The van der Waals surface area contributed by atoms with Gasteiger partial charge in [0, 0.05) is 18.5 Å². The number of benzene rings is 2. The highest BCUT2D eigenvalue weighted by atomic mass is 19.1. The molecule has 32 heavy (non-hydrogen) atoms. The van der Waals surface area contributed by atoms with Gasteiger partial charge in [0.15, 0.2) is 11.6 Å². The number of aromatic nitrogens is 2. The maximum Gasteiger partial charge on any atom is 0.229 e. The number of hydrogen-bond acceptors (Lipinski definition) is 8. The van der Waals surface area contributed by atoms with E-state index in [1.165, 1.54) is 0 Å². The van der Waals surface area contributed by atoms with Crippen LogP contribution in [0.3, 0.4) is 0 Å². The monoisotopic (exact) mass is 435 g/mol. The van der Waals surface area contributed by atoms with Crippen LogP contribution in [0.5, 0.6) is 5.75 Å². The Labute approximate surface area is 185 Å². The van der Waals surface area contributed by atoms with Crippen molar-refractivity contribution < 1.29 is 19.0 Å². The van der Waals surface area contributed by atoms with Crippen molar-refractivity contribution in [2.24, 2.45) is 0 Å². The van der Waals surface area contributed by atoms with Crippen LogP contribution in [0.4, 0.5) is 27.5 Å². The molecule has 9 heteroatoms. The molecule has 0 amide bonds. The Morgan fingerprint density at radius 1 is 1.12 bits per heavy atom. The largest absolute Gasteiger partial charge is 0.491 e. The van der Waals surface area contributed by atoms with Crippen LogP contribution < -0.4 is 15.4 Å². The standard InChI is InChI=1S/C23H22FN5O3/c1-15(13-25)21(30)16-3-5-17(6-4-16)27-22-20(24)14-26-23(29-22)28-18-7-9-19(10-8-18)32-12-11-31-2/h3-10,14,21,30H,1,11-12H2,2H3,(H2,26,27,28,29). The molecule has 1 aromatic heterocycles. The number of hydrogen-bond donors (Lipinski definition) is 3. The number of aliphatic hydroxyl groups is 1. The summed E-state index contributed by atoms with van der Waals surface area (Å²) in [4.78, 5) is 8.15. The van der Waals surface area contributed by atoms with Crippen molar-refractivity contribution in [1.82, 2.24) is 9.97 Å². The summed E-state index contributed by atoms with van der Waals surface area (Å²) in [5.41, 5.74) is 1.79. The van der Waals surface area contributed by atoms with Gasteiger partial charge >= 0.3 is 0 Å². The number of methoxy groups -OCH3 is 1. The van der Waals surface area contributed by atoms with Crippen molar-refractivity contribution in [2.75, 3.05) is 31.0 Å². The smallest absolute Gasteiger partial charge is 0.229 e. The number of nitrogens with one attached hydrogen (secondary N) is 2. The van der Waals surface area contributed by atoms with E-state index in [0.29, 0.717) is 35.9 Å². The zero-order chi connectivity index (χ0) is 22.9. The molecule has 1 heterocycles. The van der Waals surface area contributed by atoms with Gasteiger partial charge in [-0.05, 0) is 42.0 Å². The molecule has 0 fully saturated rings. The van der Waals surface area contributed by atoms with Gasteiger partial charge in [-0.3, -0.25) is 0 Å². The molecule has 0 bridgehead atoms. The summed E-state index contributed by atoms with van der Waals surface area (Å²) in [5.74, 6) is 0.261. The van der Waals surface area contributed by atoms with Gasteiger partial charge in [0.25, 0.3) is 0 Å². The predicted octanol–water partition coefficient (Wildman–Crippen LogP) is 4.24. The first-order valence-electron chi connectivity index (χ1n) is 9.65. The summed E-state index contributed by atoms with van der Waals surface area (Å²) in [7, 11) is 1.61. The second-order valence-electron chi connectivity index (χ2n) is 6.67. The van der Waals surface area contributed by atoms with E-state index >= 15 is 0 Å². The van der Waals surface area contributed by atoms with Crippen LogP contribution >= 0.6 is 0 Å². The lowest BCUT2D eigenvalue weighted by Crippen LogP contribution is -2.05. The van der Waals surface area contributed by atoms with Gasteiger partial charge in [-0.15, -0.1) is 0 Å². The third kappa shape index (κ3) is 6.01. The lowest BCUT2D eigenvalue weighted by Gasteiger charge is -2.12. The Kier molecular flexibility index (Phi) is 7.70. The van der Waals surface area contributed by atoms with Crippen LogP contribution in [-0.2, 0) is 4.74 Å². The summed E-state index contributed by atoms with van der Waals surface area (Å²) < 4.78 is 24.7. The molecule has 0 spiro atoms. The molecule has 3 rings (SSSR count). The molecule has 0 aliphatic carbocycles. The number of halogens is 1. The van der Waals surface area contributed by atoms with Gasteiger partial charge < -0.3 is 25.2 Å². The van der Waals surface area contributed by atoms with Crippen molar-refractivity contribution in [3.63, 3.8) is 0 Å². The number of aliphatic hydroxyl groups excluding tert-OH is 1. The van der Waals surface area contributed by atoms with Gasteiger partial charge in [-0.2, -0.15) is 10.2 Å². The summed E-state index contributed by atoms with van der Waals surface area (Å²) in [6.45, 7) is 4.45. The molecule has 3 N–H and O–H groups in total. The highest BCUT2D eigenvalue weighted by Crippen LogP contribution is 2.25. The second kappa shape index (κ2) is 10.9. The lowest BCUT2D eigenvalue weighted by atomic mass is 10.0. The van der Waals surface area contributed by atoms with Gasteiger partial charge in [0.2, 0.25) is 5.95 Å². The number of nitrogens with zero attached hydrogens (tertiary/aromatic N) is 3. The molecular weight excluding hydrogens is 413 g/mol. The van der Waals surface area contributed by atoms with Crippen LogP contribution in [0.25, 0.3) is 0 Å². The Balaban J connectivity index is 1.67. The zero-order valence-electron chi connectivity index (χ0n) is 17.4. The van der Waals surface area contributed by atoms with Crippen molar-refractivity contribution in [3.8, 4) is 11.8 Å². The molecule has 0 aliphatic rings. The van der Waals surface area contributed by atoms with Gasteiger partial charge in [-0.1, -0.05) is 18.7 Å². The quantitative estimate of drug-likeness (QED) is 0.320. The fourth-order valence-corrected chi connectivity index (χ4v) is 2.67. The van der Waals surface area contributed by atoms with E-state index in [4.69, 9.17) is 14.7 Å². The van der Waals surface area contributed by atoms with Crippen LogP contribution in [0, 0.1) is 17.1 Å². The van der Waals surface area contributed by atoms with E-state index < -0.39 is 11.9 Å². The Hall–Kier alpha value is -4.00. The summed E-state index contributed by atoms with van der Waals surface area (Å²) in [6.07, 6.45) is -0.0213. The minimum atomic E-state index is -1.09. The average Bonchev–Trinajstić information content (AvgIpc) is 2.82. The van der Waals surface area contributed by atoms with Crippen LogP contribution in [0.2, 0.25) is 0 Å². The van der Waals surface area contributed by atoms with E-state index in [2.05, 4.69) is 27.2 Å². The minimum absolute atomic E-state index is 0.0169. The molecule has 8 nitrogen and oxygen atoms in total. The molecule has 1 unspecified atom stereocenters. The minimum Gasteiger partial charge on any atom is -0.491 e. The molecule has 164 valence electrons. The summed E-state index contributed by atoms with van der Waals surface area (Å²) >= 11 is 0. The maximum atomic E-state index is 14.2. The average molecular weight is 435 g/mol. The van der Waals surface area contributed by atoms with Crippen molar-refractivity contribution in [2.45, 2.75) is 6.10 Å². The normalized spacial score (nSPS) is 11.3. The third-order valence-corrected chi connectivity index (χ3v) is 4.37. The first-order valence-corrected chi connectivity index (χ1v) is 9.65. The molecule has 0 saturated carbocycles. The van der Waals surface area contributed by atoms with Crippen molar-refractivity contribution in [1.29, 1.82) is 5.26 Å². The summed E-state index contributed by atoms with van der Waals surface area (Å²) in [5, 5.41) is 24.7. The predicted molar refractivity (Wildman–Crippen MR) is 119 cm³/mol. The topological polar surface area (TPSA) is 112 Å². The molecule has 0 saturated heterocycles. The molecule has 1 atom stereocenters. The van der Waals surface area contributed by atoms with Crippen LogP contribution in [-0.4, -0.2) is 35.4 Å². The number of nitriles is 1. The fourth-order valence-electron chi connectivity index (χ4n) is 2.67. The number of rotatable bonds is 10. The first kappa shape index (κ1) is 22.7. The van der Waals surface area contributed by atoms with Crippen LogP contribution in [0.1, 0.15) is 11.7 Å². The van der Waals surface area contributed by atoms with E-state index in [-0.39, 0.29) is 17.3 Å². The number of ether oxygens (including phenoxy) is 2. The van der Waals surface area contributed by atoms with E-state index in [0.717, 1.165) is 6.20 Å². The second-order valence-corrected chi connectivity index (χ2v) is 6.67. The highest BCUT2D eigenvalue weighted by Gasteiger charge is 2.12. The molecule has 2 aromatic carbocycles. The first-order chi connectivity index (χ1) is 15.5. The molecule has 0 radical (unpaired) electrons. The Bertz CT molecular complexity index is 1100. The SMILES string of the molecule is C=C(C#N)C(O)c1ccc(Nc2nc(Nc3ccc(OCCOC)cc3)ncc2F)cc1. The van der Waals surface area contributed by atoms with Gasteiger partial charge in [0.05, 0.1) is 24.4 Å². The van der Waals surface area contributed by atoms with E-state index in [1.807, 2.05) is 6.07 Å². The zero-order valence-corrected chi connectivity index (χ0v) is 17.4. The fraction of sp³-hybridized carbons (Fsp3) is 0.174. The van der Waals surface area contributed by atoms with E-state index in [9.17, 15) is 9.50 Å². The highest BCUT2D eigenvalue weighted by molar-refractivity contribution is 5.60.